The maximum absolute atomic E-state index is 12.7. The van der Waals surface area contributed by atoms with Gasteiger partial charge >= 0.3 is 0 Å². The molecule has 2 saturated heterocycles. The van der Waals surface area contributed by atoms with Crippen LogP contribution in [0.4, 0.5) is 0 Å². The van der Waals surface area contributed by atoms with Crippen LogP contribution in [0.3, 0.4) is 0 Å². The fraction of sp³-hybridized carbons (Fsp3) is 0.565. The number of hydrogen-bond donors (Lipinski definition) is 0. The molecule has 7 heteroatoms. The Hall–Kier alpha value is -2.38. The highest BCUT2D eigenvalue weighted by molar-refractivity contribution is 5.93. The standard InChI is InChI=1S/C23H31N3O4/c1-2-26-18-19(17-24-26)22(27)25-11-9-23(10-12-25)16-21(8-13-30-23)29-15-14-28-20-6-4-3-5-7-20/h3-7,17-18,21H,2,8-16H2,1H3. The highest BCUT2D eigenvalue weighted by atomic mass is 16.5. The summed E-state index contributed by atoms with van der Waals surface area (Å²) in [6.45, 7) is 6.02. The topological polar surface area (TPSA) is 65.8 Å². The zero-order chi connectivity index (χ0) is 20.8. The quantitative estimate of drug-likeness (QED) is 0.653. The first kappa shape index (κ1) is 20.9. The number of aromatic nitrogens is 2. The number of piperidine rings is 1. The molecule has 1 atom stereocenters. The molecule has 1 unspecified atom stereocenters. The summed E-state index contributed by atoms with van der Waals surface area (Å²) in [4.78, 5) is 14.7. The lowest BCUT2D eigenvalue weighted by Gasteiger charge is -2.46. The van der Waals surface area contributed by atoms with E-state index < -0.39 is 0 Å². The number of carbonyl (C=O) groups excluding carboxylic acids is 1. The molecule has 1 aromatic heterocycles. The Balaban J connectivity index is 1.22. The molecule has 0 N–H and O–H groups in total. The van der Waals surface area contributed by atoms with Gasteiger partial charge < -0.3 is 19.1 Å². The first-order valence-corrected chi connectivity index (χ1v) is 10.9. The summed E-state index contributed by atoms with van der Waals surface area (Å²) in [5.41, 5.74) is 0.491. The van der Waals surface area contributed by atoms with Crippen LogP contribution in [-0.2, 0) is 16.0 Å². The zero-order valence-electron chi connectivity index (χ0n) is 17.7. The number of rotatable bonds is 7. The lowest BCUT2D eigenvalue weighted by atomic mass is 9.83. The molecule has 1 amide bonds. The molecule has 2 aliphatic rings. The molecule has 0 saturated carbocycles. The number of hydrogen-bond acceptors (Lipinski definition) is 5. The van der Waals surface area contributed by atoms with E-state index in [1.54, 1.807) is 10.9 Å². The Morgan fingerprint density at radius 3 is 2.77 bits per heavy atom. The summed E-state index contributed by atoms with van der Waals surface area (Å²) in [5, 5.41) is 4.22. The fourth-order valence-corrected chi connectivity index (χ4v) is 4.31. The van der Waals surface area contributed by atoms with Gasteiger partial charge in [-0.25, -0.2) is 0 Å². The molecule has 7 nitrogen and oxygen atoms in total. The van der Waals surface area contributed by atoms with Gasteiger partial charge in [0.1, 0.15) is 12.4 Å². The highest BCUT2D eigenvalue weighted by Crippen LogP contribution is 2.36. The average molecular weight is 414 g/mol. The third-order valence-corrected chi connectivity index (χ3v) is 6.06. The lowest BCUT2D eigenvalue weighted by molar-refractivity contribution is -0.153. The second-order valence-electron chi connectivity index (χ2n) is 8.06. The maximum Gasteiger partial charge on any atom is 0.257 e. The van der Waals surface area contributed by atoms with Crippen LogP contribution in [0.1, 0.15) is 43.0 Å². The van der Waals surface area contributed by atoms with Crippen LogP contribution in [0.5, 0.6) is 5.75 Å². The second-order valence-corrected chi connectivity index (χ2v) is 8.06. The van der Waals surface area contributed by atoms with Crippen molar-refractivity contribution in [3.8, 4) is 5.75 Å². The maximum atomic E-state index is 12.7. The highest BCUT2D eigenvalue weighted by Gasteiger charge is 2.41. The summed E-state index contributed by atoms with van der Waals surface area (Å²) < 4.78 is 19.8. The third-order valence-electron chi connectivity index (χ3n) is 6.06. The number of amides is 1. The van der Waals surface area contributed by atoms with Crippen LogP contribution in [0.25, 0.3) is 0 Å². The molecule has 2 aliphatic heterocycles. The van der Waals surface area contributed by atoms with Crippen molar-refractivity contribution in [2.45, 2.75) is 50.9 Å². The first-order chi connectivity index (χ1) is 14.7. The van der Waals surface area contributed by atoms with E-state index in [1.165, 1.54) is 0 Å². The molecule has 1 aromatic carbocycles. The molecule has 0 bridgehead atoms. The minimum absolute atomic E-state index is 0.0613. The van der Waals surface area contributed by atoms with Gasteiger partial charge in [0.2, 0.25) is 0 Å². The smallest absolute Gasteiger partial charge is 0.257 e. The second kappa shape index (κ2) is 9.62. The van der Waals surface area contributed by atoms with Crippen LogP contribution in [0, 0.1) is 0 Å². The van der Waals surface area contributed by atoms with Crippen LogP contribution >= 0.6 is 0 Å². The van der Waals surface area contributed by atoms with Crippen molar-refractivity contribution in [1.29, 1.82) is 0 Å². The predicted molar refractivity (Wildman–Crippen MR) is 113 cm³/mol. The number of likely N-dealkylation sites (tertiary alicyclic amines) is 1. The summed E-state index contributed by atoms with van der Waals surface area (Å²) in [6, 6.07) is 9.80. The van der Waals surface area contributed by atoms with Gasteiger partial charge in [0, 0.05) is 38.9 Å². The molecule has 0 radical (unpaired) electrons. The Morgan fingerprint density at radius 1 is 1.23 bits per heavy atom. The van der Waals surface area contributed by atoms with Gasteiger partial charge in [0.05, 0.1) is 30.1 Å². The van der Waals surface area contributed by atoms with Crippen molar-refractivity contribution in [3.63, 3.8) is 0 Å². The summed E-state index contributed by atoms with van der Waals surface area (Å²) >= 11 is 0. The van der Waals surface area contributed by atoms with Crippen LogP contribution in [0.15, 0.2) is 42.7 Å². The average Bonchev–Trinajstić information content (AvgIpc) is 3.27. The molecule has 0 aliphatic carbocycles. The van der Waals surface area contributed by atoms with E-state index in [9.17, 15) is 4.79 Å². The van der Waals surface area contributed by atoms with Gasteiger partial charge in [-0.15, -0.1) is 0 Å². The summed E-state index contributed by atoms with van der Waals surface area (Å²) in [7, 11) is 0. The van der Waals surface area contributed by atoms with Crippen molar-refractivity contribution in [2.75, 3.05) is 32.9 Å². The molecule has 3 heterocycles. The molecule has 2 aromatic rings. The van der Waals surface area contributed by atoms with Crippen molar-refractivity contribution < 1.29 is 19.0 Å². The molecular weight excluding hydrogens is 382 g/mol. The van der Waals surface area contributed by atoms with Gasteiger partial charge in [0.25, 0.3) is 5.91 Å². The molecule has 162 valence electrons. The Morgan fingerprint density at radius 2 is 2.03 bits per heavy atom. The van der Waals surface area contributed by atoms with Crippen molar-refractivity contribution in [3.05, 3.63) is 48.3 Å². The first-order valence-electron chi connectivity index (χ1n) is 10.9. The summed E-state index contributed by atoms with van der Waals surface area (Å²) in [6.07, 6.45) is 7.16. The van der Waals surface area contributed by atoms with Crippen molar-refractivity contribution >= 4 is 5.91 Å². The monoisotopic (exact) mass is 413 g/mol. The Kier molecular flexibility index (Phi) is 6.69. The van der Waals surface area contributed by atoms with Gasteiger partial charge in [-0.1, -0.05) is 18.2 Å². The molecule has 1 spiro atoms. The minimum Gasteiger partial charge on any atom is -0.491 e. The lowest BCUT2D eigenvalue weighted by Crippen LogP contribution is -2.52. The minimum atomic E-state index is -0.173. The van der Waals surface area contributed by atoms with E-state index in [1.807, 2.05) is 48.4 Å². The Bertz CT molecular complexity index is 815. The number of para-hydroxylation sites is 1. The number of carbonyl (C=O) groups is 1. The van der Waals surface area contributed by atoms with E-state index in [4.69, 9.17) is 14.2 Å². The zero-order valence-corrected chi connectivity index (χ0v) is 17.7. The van der Waals surface area contributed by atoms with Crippen molar-refractivity contribution in [2.24, 2.45) is 0 Å². The van der Waals surface area contributed by atoms with E-state index in [-0.39, 0.29) is 17.6 Å². The number of aryl methyl sites for hydroxylation is 1. The third kappa shape index (κ3) is 5.02. The van der Waals surface area contributed by atoms with Gasteiger partial charge in [-0.3, -0.25) is 9.48 Å². The van der Waals surface area contributed by atoms with E-state index in [0.29, 0.717) is 38.5 Å². The van der Waals surface area contributed by atoms with Crippen LogP contribution in [0.2, 0.25) is 0 Å². The largest absolute Gasteiger partial charge is 0.491 e. The molecule has 2 fully saturated rings. The fourth-order valence-electron chi connectivity index (χ4n) is 4.31. The molecule has 30 heavy (non-hydrogen) atoms. The molecular formula is C23H31N3O4. The van der Waals surface area contributed by atoms with E-state index in [0.717, 1.165) is 38.0 Å². The van der Waals surface area contributed by atoms with Crippen LogP contribution in [-0.4, -0.2) is 65.2 Å². The van der Waals surface area contributed by atoms with Crippen molar-refractivity contribution in [1.82, 2.24) is 14.7 Å². The summed E-state index contributed by atoms with van der Waals surface area (Å²) in [5.74, 6) is 0.928. The SMILES string of the molecule is CCn1cc(C(=O)N2CCC3(CC2)CC(OCCOc2ccccc2)CCO3)cn1. The van der Waals surface area contributed by atoms with Gasteiger partial charge in [0.15, 0.2) is 0 Å². The van der Waals surface area contributed by atoms with Crippen LogP contribution < -0.4 is 4.74 Å². The predicted octanol–water partition coefficient (Wildman–Crippen LogP) is 3.15. The van der Waals surface area contributed by atoms with E-state index in [2.05, 4.69) is 5.10 Å². The van der Waals surface area contributed by atoms with Gasteiger partial charge in [-0.2, -0.15) is 5.10 Å². The number of benzene rings is 1. The Labute approximate surface area is 177 Å². The molecule has 4 rings (SSSR count). The number of ether oxygens (including phenoxy) is 3. The van der Waals surface area contributed by atoms with E-state index >= 15 is 0 Å². The van der Waals surface area contributed by atoms with Gasteiger partial charge in [-0.05, 0) is 38.3 Å². The number of nitrogens with zero attached hydrogens (tertiary/aromatic N) is 3. The normalized spacial score (nSPS) is 21.0.